The van der Waals surface area contributed by atoms with Gasteiger partial charge in [-0.25, -0.2) is 4.99 Å². The van der Waals surface area contributed by atoms with E-state index in [1.165, 1.54) is 0 Å². The van der Waals surface area contributed by atoms with Crippen LogP contribution in [0.25, 0.3) is 0 Å². The fourth-order valence-corrected chi connectivity index (χ4v) is 2.97. The third-order valence-electron chi connectivity index (χ3n) is 3.59. The number of benzene rings is 2. The van der Waals surface area contributed by atoms with Crippen LogP contribution in [0.3, 0.4) is 0 Å². The van der Waals surface area contributed by atoms with Crippen molar-refractivity contribution in [3.8, 4) is 5.75 Å². The molecular formula is C19H19Cl2N3O2. The number of carbonyl (C=O) groups is 1. The summed E-state index contributed by atoms with van der Waals surface area (Å²) in [4.78, 5) is 20.3. The molecule has 0 aromatic heterocycles. The summed E-state index contributed by atoms with van der Waals surface area (Å²) < 4.78 is 5.13. The summed E-state index contributed by atoms with van der Waals surface area (Å²) in [5.41, 5.74) is 8.13. The Labute approximate surface area is 162 Å². The van der Waals surface area contributed by atoms with Crippen LogP contribution in [-0.2, 0) is 11.2 Å². The van der Waals surface area contributed by atoms with Crippen LogP contribution in [0.15, 0.2) is 52.4 Å². The summed E-state index contributed by atoms with van der Waals surface area (Å²) in [5.74, 6) is 0.559. The number of nitrogens with two attached hydrogens (primary N) is 1. The largest absolute Gasteiger partial charge is 0.497 e. The number of amides is 1. The normalized spacial score (nSPS) is 12.2. The molecule has 7 heteroatoms. The zero-order chi connectivity index (χ0) is 19.1. The molecule has 0 aliphatic heterocycles. The van der Waals surface area contributed by atoms with E-state index in [1.807, 2.05) is 24.3 Å². The topological polar surface area (TPSA) is 77.0 Å². The van der Waals surface area contributed by atoms with E-state index in [0.29, 0.717) is 15.8 Å². The fourth-order valence-electron chi connectivity index (χ4n) is 2.40. The molecule has 2 N–H and O–H groups in total. The number of methoxy groups -OCH3 is 1. The van der Waals surface area contributed by atoms with E-state index >= 15 is 0 Å². The van der Waals surface area contributed by atoms with E-state index in [4.69, 9.17) is 33.7 Å². The first-order valence-electron chi connectivity index (χ1n) is 7.82. The van der Waals surface area contributed by atoms with Crippen LogP contribution in [0, 0.1) is 0 Å². The number of amidine groups is 1. The monoisotopic (exact) mass is 391 g/mol. The van der Waals surface area contributed by atoms with Crippen molar-refractivity contribution in [3.05, 3.63) is 63.6 Å². The Hall–Kier alpha value is -2.37. The van der Waals surface area contributed by atoms with Crippen LogP contribution < -0.4 is 10.5 Å². The van der Waals surface area contributed by atoms with E-state index in [1.54, 1.807) is 32.4 Å². The van der Waals surface area contributed by atoms with Gasteiger partial charge in [-0.05, 0) is 53.6 Å². The van der Waals surface area contributed by atoms with E-state index in [-0.39, 0.29) is 24.6 Å². The van der Waals surface area contributed by atoms with Gasteiger partial charge in [0, 0.05) is 23.5 Å². The second-order valence-electron chi connectivity index (χ2n) is 5.53. The van der Waals surface area contributed by atoms with Gasteiger partial charge in [0.25, 0.3) is 5.91 Å². The average molecular weight is 392 g/mol. The number of hydrogen-bond donors (Lipinski definition) is 1. The molecule has 0 unspecified atom stereocenters. The lowest BCUT2D eigenvalue weighted by Crippen LogP contribution is -2.18. The molecule has 0 bridgehead atoms. The minimum absolute atomic E-state index is 0.0554. The van der Waals surface area contributed by atoms with Gasteiger partial charge in [-0.1, -0.05) is 23.2 Å². The zero-order valence-electron chi connectivity index (χ0n) is 14.5. The highest BCUT2D eigenvalue weighted by Gasteiger charge is 2.10. The van der Waals surface area contributed by atoms with E-state index in [9.17, 15) is 4.79 Å². The number of aliphatic imine (C=N–C) groups is 2. The van der Waals surface area contributed by atoms with Crippen LogP contribution in [-0.4, -0.2) is 31.6 Å². The number of halogens is 2. The first kappa shape index (κ1) is 19.9. The number of ether oxygens (including phenoxy) is 1. The maximum atomic E-state index is 12.2. The molecule has 0 aliphatic carbocycles. The van der Waals surface area contributed by atoms with Crippen LogP contribution in [0.2, 0.25) is 10.0 Å². The van der Waals surface area contributed by atoms with Gasteiger partial charge in [-0.15, -0.1) is 0 Å². The highest BCUT2D eigenvalue weighted by molar-refractivity contribution is 6.34. The Morgan fingerprint density at radius 1 is 1.12 bits per heavy atom. The standard InChI is InChI=1S/C19H19Cl2N3O2/c1-23-17(13-3-5-16(26-2)6-4-13)11-19(25)24-18(22)9-12-7-14(20)10-15(21)8-12/h3-8,10H,9,11H2,1-2H3,(H2,22,24,25)/b23-17+. The molecule has 0 saturated carbocycles. The summed E-state index contributed by atoms with van der Waals surface area (Å²) in [5, 5.41) is 1.01. The van der Waals surface area contributed by atoms with Gasteiger partial charge in [0.05, 0.1) is 19.2 Å². The molecule has 0 fully saturated rings. The number of carbonyl (C=O) groups excluding carboxylic acids is 1. The average Bonchev–Trinajstić information content (AvgIpc) is 2.58. The Morgan fingerprint density at radius 2 is 1.73 bits per heavy atom. The molecule has 0 heterocycles. The smallest absolute Gasteiger partial charge is 0.253 e. The molecule has 26 heavy (non-hydrogen) atoms. The summed E-state index contributed by atoms with van der Waals surface area (Å²) in [6.45, 7) is 0. The molecule has 5 nitrogen and oxygen atoms in total. The number of hydrogen-bond acceptors (Lipinski definition) is 3. The highest BCUT2D eigenvalue weighted by atomic mass is 35.5. The minimum atomic E-state index is -0.368. The predicted octanol–water partition coefficient (Wildman–Crippen LogP) is 3.94. The van der Waals surface area contributed by atoms with Gasteiger partial charge in [0.15, 0.2) is 0 Å². The maximum Gasteiger partial charge on any atom is 0.253 e. The Bertz CT molecular complexity index is 826. The minimum Gasteiger partial charge on any atom is -0.497 e. The quantitative estimate of drug-likeness (QED) is 0.598. The van der Waals surface area contributed by atoms with Crippen LogP contribution in [0.5, 0.6) is 5.75 Å². The van der Waals surface area contributed by atoms with Crippen molar-refractivity contribution in [2.24, 2.45) is 15.7 Å². The molecule has 1 amide bonds. The van der Waals surface area contributed by atoms with E-state index < -0.39 is 0 Å². The van der Waals surface area contributed by atoms with Crippen molar-refractivity contribution in [3.63, 3.8) is 0 Å². The molecule has 0 saturated heterocycles. The molecule has 0 spiro atoms. The Morgan fingerprint density at radius 3 is 2.27 bits per heavy atom. The van der Waals surface area contributed by atoms with Crippen LogP contribution >= 0.6 is 23.2 Å². The number of rotatable bonds is 6. The lowest BCUT2D eigenvalue weighted by Gasteiger charge is -2.06. The van der Waals surface area contributed by atoms with E-state index in [2.05, 4.69) is 9.98 Å². The maximum absolute atomic E-state index is 12.2. The first-order chi connectivity index (χ1) is 12.4. The van der Waals surface area contributed by atoms with E-state index in [0.717, 1.165) is 16.9 Å². The van der Waals surface area contributed by atoms with Crippen LogP contribution in [0.1, 0.15) is 17.5 Å². The fraction of sp³-hybridized carbons (Fsp3) is 0.211. The van der Waals surface area contributed by atoms with Gasteiger partial charge in [0.2, 0.25) is 0 Å². The predicted molar refractivity (Wildman–Crippen MR) is 107 cm³/mol. The lowest BCUT2D eigenvalue weighted by molar-refractivity contribution is -0.116. The van der Waals surface area contributed by atoms with Gasteiger partial charge in [0.1, 0.15) is 11.6 Å². The van der Waals surface area contributed by atoms with Crippen molar-refractivity contribution in [2.45, 2.75) is 12.8 Å². The second kappa shape index (κ2) is 9.36. The third-order valence-corrected chi connectivity index (χ3v) is 4.02. The SMILES string of the molecule is C/N=C(\CC(=O)/N=C(\N)Cc1cc(Cl)cc(Cl)c1)c1ccc(OC)cc1. The summed E-state index contributed by atoms with van der Waals surface area (Å²) in [7, 11) is 3.23. The van der Waals surface area contributed by atoms with Crippen molar-refractivity contribution in [1.82, 2.24) is 0 Å². The third kappa shape index (κ3) is 5.86. The number of nitrogens with zero attached hydrogens (tertiary/aromatic N) is 2. The van der Waals surface area contributed by atoms with Crippen molar-refractivity contribution < 1.29 is 9.53 Å². The van der Waals surface area contributed by atoms with Gasteiger partial charge in [-0.3, -0.25) is 9.79 Å². The molecule has 0 atom stereocenters. The highest BCUT2D eigenvalue weighted by Crippen LogP contribution is 2.19. The van der Waals surface area contributed by atoms with Crippen molar-refractivity contribution in [2.75, 3.05) is 14.2 Å². The van der Waals surface area contributed by atoms with Crippen molar-refractivity contribution in [1.29, 1.82) is 0 Å². The Balaban J connectivity index is 2.05. The summed E-state index contributed by atoms with van der Waals surface area (Å²) >= 11 is 11.9. The Kier molecular flexibility index (Phi) is 7.18. The molecule has 136 valence electrons. The lowest BCUT2D eigenvalue weighted by atomic mass is 10.1. The second-order valence-corrected chi connectivity index (χ2v) is 6.40. The molecule has 2 aromatic carbocycles. The molecule has 0 aliphatic rings. The van der Waals surface area contributed by atoms with Gasteiger partial charge < -0.3 is 10.5 Å². The van der Waals surface area contributed by atoms with Crippen molar-refractivity contribution >= 4 is 40.7 Å². The molecule has 2 aromatic rings. The summed E-state index contributed by atoms with van der Waals surface area (Å²) in [6.07, 6.45) is 0.340. The van der Waals surface area contributed by atoms with Gasteiger partial charge >= 0.3 is 0 Å². The van der Waals surface area contributed by atoms with Crippen LogP contribution in [0.4, 0.5) is 0 Å². The molecular weight excluding hydrogens is 373 g/mol. The van der Waals surface area contributed by atoms with Gasteiger partial charge in [-0.2, -0.15) is 0 Å². The first-order valence-corrected chi connectivity index (χ1v) is 8.57. The molecule has 2 rings (SSSR count). The zero-order valence-corrected chi connectivity index (χ0v) is 16.0. The summed E-state index contributed by atoms with van der Waals surface area (Å²) in [6, 6.07) is 12.4. The molecule has 0 radical (unpaired) electrons.